The molecule has 0 aromatic heterocycles. The average Bonchev–Trinajstić information content (AvgIpc) is 2.53. The molecule has 0 aliphatic carbocycles. The predicted octanol–water partition coefficient (Wildman–Crippen LogP) is 3.45. The second-order valence-electron chi connectivity index (χ2n) is 6.17. The first-order valence-electron chi connectivity index (χ1n) is 8.08. The predicted molar refractivity (Wildman–Crippen MR) is 85.7 cm³/mol. The number of aryl methyl sites for hydroxylation is 1. The van der Waals surface area contributed by atoms with Crippen LogP contribution in [0.2, 0.25) is 0 Å². The number of carbonyl (C=O) groups is 2. The third-order valence-electron chi connectivity index (χ3n) is 3.97. The normalized spacial score (nSPS) is 18.3. The molecule has 0 spiro atoms. The molecule has 0 radical (unpaired) electrons. The van der Waals surface area contributed by atoms with Gasteiger partial charge in [0.2, 0.25) is 0 Å². The second kappa shape index (κ2) is 7.97. The van der Waals surface area contributed by atoms with Crippen molar-refractivity contribution in [1.82, 2.24) is 4.90 Å². The number of likely N-dealkylation sites (tertiary alicyclic amines) is 1. The van der Waals surface area contributed by atoms with Crippen molar-refractivity contribution >= 4 is 11.9 Å². The third kappa shape index (κ3) is 4.86. The number of benzene rings is 1. The maximum Gasteiger partial charge on any atom is 0.410 e. The van der Waals surface area contributed by atoms with E-state index in [9.17, 15) is 9.59 Å². The van der Waals surface area contributed by atoms with E-state index in [0.29, 0.717) is 19.5 Å². The van der Waals surface area contributed by atoms with Crippen molar-refractivity contribution in [1.29, 1.82) is 0 Å². The van der Waals surface area contributed by atoms with Crippen molar-refractivity contribution in [2.75, 3.05) is 13.1 Å². The minimum atomic E-state index is -0.296. The highest BCUT2D eigenvalue weighted by Gasteiger charge is 2.29. The summed E-state index contributed by atoms with van der Waals surface area (Å²) in [5.74, 6) is 0.211. The summed E-state index contributed by atoms with van der Waals surface area (Å²) in [5.41, 5.74) is 1.18. The Morgan fingerprint density at radius 2 is 2.00 bits per heavy atom. The number of ether oxygens (including phenoxy) is 1. The van der Waals surface area contributed by atoms with Gasteiger partial charge in [0.15, 0.2) is 0 Å². The van der Waals surface area contributed by atoms with Crippen LogP contribution < -0.4 is 0 Å². The molecule has 0 N–H and O–H groups in total. The summed E-state index contributed by atoms with van der Waals surface area (Å²) in [6, 6.07) is 10.0. The lowest BCUT2D eigenvalue weighted by Crippen LogP contribution is -2.43. The molecule has 0 unspecified atom stereocenters. The molecule has 0 bridgehead atoms. The Morgan fingerprint density at radius 3 is 2.68 bits per heavy atom. The van der Waals surface area contributed by atoms with Crippen LogP contribution in [-0.2, 0) is 16.0 Å². The van der Waals surface area contributed by atoms with Gasteiger partial charge in [-0.2, -0.15) is 0 Å². The van der Waals surface area contributed by atoms with Gasteiger partial charge < -0.3 is 9.64 Å². The number of carbonyl (C=O) groups excluding carboxylic acids is 2. The lowest BCUT2D eigenvalue weighted by molar-refractivity contribution is -0.124. The summed E-state index contributed by atoms with van der Waals surface area (Å²) >= 11 is 0. The van der Waals surface area contributed by atoms with E-state index in [1.807, 2.05) is 44.2 Å². The highest BCUT2D eigenvalue weighted by atomic mass is 16.6. The molecule has 0 saturated carbocycles. The Bertz CT molecular complexity index is 498. The van der Waals surface area contributed by atoms with E-state index >= 15 is 0 Å². The van der Waals surface area contributed by atoms with Crippen LogP contribution in [0.3, 0.4) is 0 Å². The number of hydrogen-bond acceptors (Lipinski definition) is 3. The fourth-order valence-electron chi connectivity index (χ4n) is 2.80. The van der Waals surface area contributed by atoms with Gasteiger partial charge in [-0.25, -0.2) is 4.79 Å². The first-order valence-corrected chi connectivity index (χ1v) is 8.08. The van der Waals surface area contributed by atoms with Crippen LogP contribution in [0.4, 0.5) is 4.79 Å². The topological polar surface area (TPSA) is 46.6 Å². The molecule has 1 aromatic carbocycles. The van der Waals surface area contributed by atoms with Gasteiger partial charge in [0.25, 0.3) is 0 Å². The van der Waals surface area contributed by atoms with Crippen molar-refractivity contribution in [3.8, 4) is 0 Å². The van der Waals surface area contributed by atoms with Crippen molar-refractivity contribution in [3.05, 3.63) is 35.9 Å². The number of Topliss-reactive ketones (excluding diaryl/α,β-unsaturated/α-hetero) is 1. The van der Waals surface area contributed by atoms with Crippen molar-refractivity contribution in [3.63, 3.8) is 0 Å². The summed E-state index contributed by atoms with van der Waals surface area (Å²) in [4.78, 5) is 26.0. The highest BCUT2D eigenvalue weighted by molar-refractivity contribution is 5.82. The molecule has 2 rings (SSSR count). The smallest absolute Gasteiger partial charge is 0.410 e. The monoisotopic (exact) mass is 303 g/mol. The van der Waals surface area contributed by atoms with Gasteiger partial charge >= 0.3 is 6.09 Å². The molecular weight excluding hydrogens is 278 g/mol. The molecule has 1 atom stereocenters. The molecule has 1 heterocycles. The number of piperidine rings is 1. The van der Waals surface area contributed by atoms with Gasteiger partial charge in [-0.05, 0) is 38.7 Å². The van der Waals surface area contributed by atoms with E-state index in [-0.39, 0.29) is 23.9 Å². The van der Waals surface area contributed by atoms with Crippen LogP contribution in [-0.4, -0.2) is 36.0 Å². The molecule has 1 amide bonds. The molecular formula is C18H25NO3. The fraction of sp³-hybridized carbons (Fsp3) is 0.556. The van der Waals surface area contributed by atoms with Crippen molar-refractivity contribution in [2.45, 2.75) is 45.6 Å². The average molecular weight is 303 g/mol. The number of ketones is 1. The first kappa shape index (κ1) is 16.5. The molecule has 1 fully saturated rings. The van der Waals surface area contributed by atoms with Gasteiger partial charge in [0.1, 0.15) is 5.78 Å². The summed E-state index contributed by atoms with van der Waals surface area (Å²) in [7, 11) is 0. The minimum Gasteiger partial charge on any atom is -0.447 e. The van der Waals surface area contributed by atoms with Crippen LogP contribution in [0.25, 0.3) is 0 Å². The zero-order chi connectivity index (χ0) is 15.9. The Morgan fingerprint density at radius 1 is 1.27 bits per heavy atom. The van der Waals surface area contributed by atoms with Gasteiger partial charge in [0, 0.05) is 25.4 Å². The molecule has 120 valence electrons. The van der Waals surface area contributed by atoms with Gasteiger partial charge in [-0.1, -0.05) is 30.3 Å². The maximum atomic E-state index is 12.4. The molecule has 22 heavy (non-hydrogen) atoms. The molecule has 1 aromatic rings. The zero-order valence-electron chi connectivity index (χ0n) is 13.5. The number of amides is 1. The van der Waals surface area contributed by atoms with Gasteiger partial charge in [0.05, 0.1) is 6.10 Å². The lowest BCUT2D eigenvalue weighted by atomic mass is 9.91. The quantitative estimate of drug-likeness (QED) is 0.837. The summed E-state index contributed by atoms with van der Waals surface area (Å²) < 4.78 is 5.22. The number of nitrogens with zero attached hydrogens (tertiary/aromatic N) is 1. The van der Waals surface area contributed by atoms with Crippen molar-refractivity contribution in [2.24, 2.45) is 5.92 Å². The van der Waals surface area contributed by atoms with Gasteiger partial charge in [-0.15, -0.1) is 0 Å². The van der Waals surface area contributed by atoms with E-state index in [1.165, 1.54) is 5.56 Å². The summed E-state index contributed by atoms with van der Waals surface area (Å²) in [5, 5.41) is 0. The largest absolute Gasteiger partial charge is 0.447 e. The lowest BCUT2D eigenvalue weighted by Gasteiger charge is -2.31. The van der Waals surface area contributed by atoms with Crippen LogP contribution in [0.1, 0.15) is 38.7 Å². The molecule has 1 saturated heterocycles. The second-order valence-corrected chi connectivity index (χ2v) is 6.17. The van der Waals surface area contributed by atoms with Crippen LogP contribution in [0.15, 0.2) is 30.3 Å². The maximum absolute atomic E-state index is 12.4. The third-order valence-corrected chi connectivity index (χ3v) is 3.97. The van der Waals surface area contributed by atoms with E-state index in [1.54, 1.807) is 4.90 Å². The highest BCUT2D eigenvalue weighted by Crippen LogP contribution is 2.20. The van der Waals surface area contributed by atoms with Crippen LogP contribution >= 0.6 is 0 Å². The van der Waals surface area contributed by atoms with E-state index in [2.05, 4.69) is 0 Å². The number of hydrogen-bond donors (Lipinski definition) is 0. The van der Waals surface area contributed by atoms with E-state index < -0.39 is 0 Å². The summed E-state index contributed by atoms with van der Waals surface area (Å²) in [6.07, 6.45) is 2.64. The summed E-state index contributed by atoms with van der Waals surface area (Å²) in [6.45, 7) is 4.86. The van der Waals surface area contributed by atoms with E-state index in [4.69, 9.17) is 4.74 Å². The Kier molecular flexibility index (Phi) is 5.99. The van der Waals surface area contributed by atoms with E-state index in [0.717, 1.165) is 19.3 Å². The molecule has 4 heteroatoms. The van der Waals surface area contributed by atoms with Crippen molar-refractivity contribution < 1.29 is 14.3 Å². The zero-order valence-corrected chi connectivity index (χ0v) is 13.5. The molecule has 1 aliphatic heterocycles. The Balaban J connectivity index is 1.83. The Hall–Kier alpha value is -1.84. The molecule has 4 nitrogen and oxygen atoms in total. The van der Waals surface area contributed by atoms with Crippen LogP contribution in [0.5, 0.6) is 0 Å². The minimum absolute atomic E-state index is 0.0443. The fourth-order valence-corrected chi connectivity index (χ4v) is 2.80. The number of rotatable bonds is 5. The SMILES string of the molecule is CC(C)OC(=O)N1CCC[C@H](C(=O)CCc2ccccc2)C1. The molecule has 1 aliphatic rings. The standard InChI is InChI=1S/C18H25NO3/c1-14(2)22-18(21)19-12-6-9-16(13-19)17(20)11-10-15-7-4-3-5-8-15/h3-5,7-8,14,16H,6,9-13H2,1-2H3/t16-/m0/s1. The van der Waals surface area contributed by atoms with Crippen LogP contribution in [0, 0.1) is 5.92 Å². The van der Waals surface area contributed by atoms with Gasteiger partial charge in [-0.3, -0.25) is 4.79 Å². The first-order chi connectivity index (χ1) is 10.6. The Labute approximate surface area is 132 Å².